The number of nitrogens with zero attached hydrogens (tertiary/aromatic N) is 3. The number of amides is 1. The summed E-state index contributed by atoms with van der Waals surface area (Å²) in [7, 11) is 0. The number of carbonyl (C=O) groups excluding carboxylic acids is 1. The lowest BCUT2D eigenvalue weighted by atomic mass is 9.97. The second-order valence-electron chi connectivity index (χ2n) is 8.41. The third-order valence-electron chi connectivity index (χ3n) is 6.09. The monoisotopic (exact) mass is 467 g/mol. The fourth-order valence-electron chi connectivity index (χ4n) is 4.39. The van der Waals surface area contributed by atoms with E-state index in [1.54, 1.807) is 0 Å². The maximum Gasteiger partial charge on any atom is 0.414 e. The van der Waals surface area contributed by atoms with Crippen molar-refractivity contribution in [1.82, 2.24) is 9.64 Å². The van der Waals surface area contributed by atoms with Crippen LogP contribution >= 0.6 is 0 Å². The van der Waals surface area contributed by atoms with E-state index in [9.17, 15) is 9.59 Å². The number of benzene rings is 2. The van der Waals surface area contributed by atoms with Crippen LogP contribution in [0, 0.1) is 11.6 Å². The standard InChI is InChI=1S/C25H23F2N3O4/c26-21-12-19(29-15-20(34-25(29)32)16-30-23(31)8-11-33-30)13-22(27)24(21)18-6-9-28(10-7-18)14-17-4-2-1-3-5-17/h1-6,8,11-13,20H,7,9-10,14-16H2/t20-/m1/s1. The molecule has 176 valence electrons. The first-order valence-electron chi connectivity index (χ1n) is 11.1. The Balaban J connectivity index is 1.29. The normalized spacial score (nSPS) is 18.8. The van der Waals surface area contributed by atoms with Crippen molar-refractivity contribution in [2.45, 2.75) is 25.6 Å². The van der Waals surface area contributed by atoms with Crippen molar-refractivity contribution in [3.05, 3.63) is 94.0 Å². The van der Waals surface area contributed by atoms with Crippen LogP contribution in [0.25, 0.3) is 5.57 Å². The van der Waals surface area contributed by atoms with Crippen molar-refractivity contribution in [1.29, 1.82) is 0 Å². The second-order valence-corrected chi connectivity index (χ2v) is 8.41. The van der Waals surface area contributed by atoms with Crippen LogP contribution in [0.15, 0.2) is 70.2 Å². The number of anilines is 1. The summed E-state index contributed by atoms with van der Waals surface area (Å²) in [6, 6.07) is 13.6. The Hall–Kier alpha value is -3.72. The molecule has 2 aromatic carbocycles. The van der Waals surface area contributed by atoms with E-state index in [4.69, 9.17) is 9.26 Å². The van der Waals surface area contributed by atoms with Gasteiger partial charge in [0, 0.05) is 31.3 Å². The highest BCUT2D eigenvalue weighted by atomic mass is 19.1. The van der Waals surface area contributed by atoms with Crippen LogP contribution in [0.5, 0.6) is 0 Å². The molecule has 0 bridgehead atoms. The lowest BCUT2D eigenvalue weighted by molar-refractivity contribution is 0.107. The third-order valence-corrected chi connectivity index (χ3v) is 6.09. The summed E-state index contributed by atoms with van der Waals surface area (Å²) in [5.41, 5.74) is 1.45. The zero-order valence-electron chi connectivity index (χ0n) is 18.3. The van der Waals surface area contributed by atoms with E-state index in [1.807, 2.05) is 24.3 Å². The quantitative estimate of drug-likeness (QED) is 0.548. The number of hydrogen-bond acceptors (Lipinski definition) is 5. The highest BCUT2D eigenvalue weighted by Crippen LogP contribution is 2.32. The lowest BCUT2D eigenvalue weighted by Gasteiger charge is -2.27. The molecule has 0 N–H and O–H groups in total. The first-order chi connectivity index (χ1) is 16.5. The lowest BCUT2D eigenvalue weighted by Crippen LogP contribution is -2.29. The molecule has 0 spiro atoms. The van der Waals surface area contributed by atoms with Crippen LogP contribution in [0.4, 0.5) is 19.3 Å². The van der Waals surface area contributed by atoms with Gasteiger partial charge < -0.3 is 9.26 Å². The molecule has 7 nitrogen and oxygen atoms in total. The molecule has 1 saturated heterocycles. The minimum Gasteiger partial charge on any atom is -0.442 e. The molecule has 2 aliphatic heterocycles. The number of halogens is 2. The highest BCUT2D eigenvalue weighted by molar-refractivity contribution is 5.90. The van der Waals surface area contributed by atoms with Crippen LogP contribution < -0.4 is 10.5 Å². The molecule has 5 rings (SSSR count). The average Bonchev–Trinajstić information content (AvgIpc) is 3.40. The smallest absolute Gasteiger partial charge is 0.414 e. The predicted molar refractivity (Wildman–Crippen MR) is 121 cm³/mol. The van der Waals surface area contributed by atoms with Crippen molar-refractivity contribution in [3.8, 4) is 0 Å². The fourth-order valence-corrected chi connectivity index (χ4v) is 4.39. The molecule has 2 aliphatic rings. The van der Waals surface area contributed by atoms with Gasteiger partial charge in [0.05, 0.1) is 18.8 Å². The molecule has 1 amide bonds. The number of ether oxygens (including phenoxy) is 1. The van der Waals surface area contributed by atoms with E-state index in [0.29, 0.717) is 25.1 Å². The summed E-state index contributed by atoms with van der Waals surface area (Å²) in [5.74, 6) is -1.45. The molecule has 0 radical (unpaired) electrons. The van der Waals surface area contributed by atoms with Crippen molar-refractivity contribution in [2.24, 2.45) is 0 Å². The zero-order valence-corrected chi connectivity index (χ0v) is 18.3. The molecular weight excluding hydrogens is 444 g/mol. The number of rotatable bonds is 6. The van der Waals surface area contributed by atoms with Crippen molar-refractivity contribution in [2.75, 3.05) is 24.5 Å². The molecule has 34 heavy (non-hydrogen) atoms. The maximum absolute atomic E-state index is 15.0. The van der Waals surface area contributed by atoms with Gasteiger partial charge in [-0.1, -0.05) is 36.4 Å². The van der Waals surface area contributed by atoms with Gasteiger partial charge in [-0.15, -0.1) is 0 Å². The molecule has 0 saturated carbocycles. The minimum absolute atomic E-state index is 0.0173. The van der Waals surface area contributed by atoms with Gasteiger partial charge in [0.15, 0.2) is 0 Å². The molecule has 1 fully saturated rings. The third kappa shape index (κ3) is 4.51. The Labute approximate surface area is 194 Å². The van der Waals surface area contributed by atoms with E-state index in [-0.39, 0.29) is 29.9 Å². The van der Waals surface area contributed by atoms with Gasteiger partial charge in [0.1, 0.15) is 24.0 Å². The van der Waals surface area contributed by atoms with Gasteiger partial charge in [-0.2, -0.15) is 4.74 Å². The predicted octanol–water partition coefficient (Wildman–Crippen LogP) is 4.03. The average molecular weight is 467 g/mol. The molecule has 9 heteroatoms. The second kappa shape index (κ2) is 9.26. The van der Waals surface area contributed by atoms with Crippen LogP contribution in [0.3, 0.4) is 0 Å². The number of hydrogen-bond donors (Lipinski definition) is 0. The molecule has 3 heterocycles. The minimum atomic E-state index is -0.732. The number of aromatic nitrogens is 1. The van der Waals surface area contributed by atoms with Crippen LogP contribution in [0.2, 0.25) is 0 Å². The van der Waals surface area contributed by atoms with E-state index in [0.717, 1.165) is 28.3 Å². The van der Waals surface area contributed by atoms with E-state index in [1.165, 1.54) is 17.9 Å². The van der Waals surface area contributed by atoms with Gasteiger partial charge in [-0.3, -0.25) is 14.6 Å². The maximum atomic E-state index is 15.0. The Bertz CT molecular complexity index is 1260. The summed E-state index contributed by atoms with van der Waals surface area (Å²) in [6.45, 7) is 2.12. The Morgan fingerprint density at radius 3 is 2.44 bits per heavy atom. The Kier molecular flexibility index (Phi) is 6.02. The molecule has 0 unspecified atom stereocenters. The zero-order chi connectivity index (χ0) is 23.7. The summed E-state index contributed by atoms with van der Waals surface area (Å²) < 4.78 is 41.4. The summed E-state index contributed by atoms with van der Waals surface area (Å²) >= 11 is 0. The van der Waals surface area contributed by atoms with E-state index < -0.39 is 23.8 Å². The first kappa shape index (κ1) is 22.1. The molecular formula is C25H23F2N3O4. The largest absolute Gasteiger partial charge is 0.442 e. The van der Waals surface area contributed by atoms with Gasteiger partial charge in [0.2, 0.25) is 0 Å². The van der Waals surface area contributed by atoms with Gasteiger partial charge >= 0.3 is 6.09 Å². The molecule has 3 aromatic rings. The van der Waals surface area contributed by atoms with Crippen LogP contribution in [-0.4, -0.2) is 41.5 Å². The topological polar surface area (TPSA) is 67.9 Å². The highest BCUT2D eigenvalue weighted by Gasteiger charge is 2.34. The Morgan fingerprint density at radius 1 is 1.03 bits per heavy atom. The summed E-state index contributed by atoms with van der Waals surface area (Å²) in [6.07, 6.45) is 2.20. The van der Waals surface area contributed by atoms with Gasteiger partial charge in [0.25, 0.3) is 5.56 Å². The summed E-state index contributed by atoms with van der Waals surface area (Å²) in [4.78, 5) is 27.3. The summed E-state index contributed by atoms with van der Waals surface area (Å²) in [5, 5.41) is 0. The van der Waals surface area contributed by atoms with Crippen molar-refractivity contribution >= 4 is 17.4 Å². The van der Waals surface area contributed by atoms with Crippen molar-refractivity contribution < 1.29 is 22.8 Å². The first-order valence-corrected chi connectivity index (χ1v) is 11.1. The van der Waals surface area contributed by atoms with E-state index in [2.05, 4.69) is 17.0 Å². The van der Waals surface area contributed by atoms with Crippen LogP contribution in [0.1, 0.15) is 17.5 Å². The molecule has 0 aliphatic carbocycles. The van der Waals surface area contributed by atoms with Gasteiger partial charge in [-0.05, 0) is 29.7 Å². The van der Waals surface area contributed by atoms with E-state index >= 15 is 8.78 Å². The molecule has 1 atom stereocenters. The van der Waals surface area contributed by atoms with Gasteiger partial charge in [-0.25, -0.2) is 13.6 Å². The fraction of sp³-hybridized carbons (Fsp3) is 0.280. The SMILES string of the molecule is O=C1O[C@@H](Cn2occc2=O)CN1c1cc(F)c(C2=CCN(Cc3ccccc3)CC2)c(F)c1. The van der Waals surface area contributed by atoms with Crippen molar-refractivity contribution in [3.63, 3.8) is 0 Å². The molecule has 1 aromatic heterocycles. The number of cyclic esters (lactones) is 1. The number of carbonyl (C=O) groups is 1. The Morgan fingerprint density at radius 2 is 1.79 bits per heavy atom. The van der Waals surface area contributed by atoms with Crippen LogP contribution in [-0.2, 0) is 17.8 Å².